The van der Waals surface area contributed by atoms with E-state index in [0.717, 1.165) is 34.0 Å². The largest absolute Gasteiger partial charge is 0.493 e. The summed E-state index contributed by atoms with van der Waals surface area (Å²) in [7, 11) is 0. The van der Waals surface area contributed by atoms with Gasteiger partial charge in [-0.25, -0.2) is 4.79 Å². The van der Waals surface area contributed by atoms with Crippen LogP contribution in [-0.4, -0.2) is 22.7 Å². The maximum absolute atomic E-state index is 10.7. The van der Waals surface area contributed by atoms with Crippen molar-refractivity contribution >= 4 is 27.9 Å². The number of hydrogen-bond donors (Lipinski definition) is 2. The fraction of sp³-hybridized carbons (Fsp3) is 0.231. The molecule has 2 heterocycles. The summed E-state index contributed by atoms with van der Waals surface area (Å²) in [4.78, 5) is 14.5. The summed E-state index contributed by atoms with van der Waals surface area (Å²) in [5.74, 6) is -0.237. The zero-order chi connectivity index (χ0) is 14.1. The second-order valence-electron chi connectivity index (χ2n) is 4.35. The van der Waals surface area contributed by atoms with E-state index in [1.54, 1.807) is 0 Å². The van der Waals surface area contributed by atoms with E-state index in [1.165, 1.54) is 0 Å². The van der Waals surface area contributed by atoms with Gasteiger partial charge in [-0.1, -0.05) is 15.9 Å². The number of carboxylic acid groups (broad SMARTS) is 1. The Morgan fingerprint density at radius 2 is 2.35 bits per heavy atom. The highest BCUT2D eigenvalue weighted by atomic mass is 79.9. The van der Waals surface area contributed by atoms with E-state index in [2.05, 4.69) is 26.2 Å². The standard InChI is InChI=1S/C13H11BrN2O4/c14-9-3-7-1-2-19-11(7)8(4-9)5-15-13-16-10(6-20-13)12(17)18/h3-4,6H,1-2,5H2,(H,15,16)(H,17,18). The number of rotatable bonds is 4. The Bertz CT molecular complexity index is 668. The highest BCUT2D eigenvalue weighted by Crippen LogP contribution is 2.33. The number of anilines is 1. The average molecular weight is 339 g/mol. The number of hydrogen-bond acceptors (Lipinski definition) is 5. The fourth-order valence-electron chi connectivity index (χ4n) is 2.10. The SMILES string of the molecule is O=C(O)c1coc(NCc2cc(Br)cc3c2OCC3)n1. The van der Waals surface area contributed by atoms with Crippen molar-refractivity contribution in [1.82, 2.24) is 4.98 Å². The Hall–Kier alpha value is -2.02. The topological polar surface area (TPSA) is 84.6 Å². The molecule has 1 aromatic carbocycles. The molecule has 20 heavy (non-hydrogen) atoms. The summed E-state index contributed by atoms with van der Waals surface area (Å²) < 4.78 is 11.6. The predicted molar refractivity (Wildman–Crippen MR) is 74.1 cm³/mol. The van der Waals surface area contributed by atoms with Gasteiger partial charge in [0.1, 0.15) is 12.0 Å². The number of ether oxygens (including phenoxy) is 1. The maximum atomic E-state index is 10.7. The van der Waals surface area contributed by atoms with Crippen molar-refractivity contribution in [3.8, 4) is 5.75 Å². The van der Waals surface area contributed by atoms with Gasteiger partial charge in [-0.15, -0.1) is 0 Å². The van der Waals surface area contributed by atoms with Gasteiger partial charge in [0.05, 0.1) is 6.61 Å². The van der Waals surface area contributed by atoms with Crippen molar-refractivity contribution in [1.29, 1.82) is 0 Å². The van der Waals surface area contributed by atoms with Crippen LogP contribution in [0.4, 0.5) is 6.01 Å². The number of carbonyl (C=O) groups is 1. The Morgan fingerprint density at radius 3 is 3.10 bits per heavy atom. The number of carboxylic acids is 1. The average Bonchev–Trinajstić information content (AvgIpc) is 3.04. The molecule has 1 aliphatic rings. The molecule has 1 aromatic heterocycles. The van der Waals surface area contributed by atoms with Crippen LogP contribution in [0, 0.1) is 0 Å². The molecule has 3 rings (SSSR count). The lowest BCUT2D eigenvalue weighted by Gasteiger charge is -2.09. The van der Waals surface area contributed by atoms with E-state index in [1.807, 2.05) is 12.1 Å². The van der Waals surface area contributed by atoms with Gasteiger partial charge in [-0.05, 0) is 17.7 Å². The minimum atomic E-state index is -1.12. The fourth-order valence-corrected chi connectivity index (χ4v) is 2.65. The molecule has 0 spiro atoms. The van der Waals surface area contributed by atoms with Gasteiger partial charge in [0.15, 0.2) is 5.69 Å². The third kappa shape index (κ3) is 2.49. The third-order valence-corrected chi connectivity index (χ3v) is 3.44. The Morgan fingerprint density at radius 1 is 1.50 bits per heavy atom. The number of aromatic carboxylic acids is 1. The zero-order valence-corrected chi connectivity index (χ0v) is 11.9. The first-order valence-electron chi connectivity index (χ1n) is 6.00. The molecule has 0 saturated heterocycles. The molecule has 0 atom stereocenters. The smallest absolute Gasteiger partial charge is 0.357 e. The van der Waals surface area contributed by atoms with Crippen LogP contribution in [0.5, 0.6) is 5.75 Å². The first-order valence-corrected chi connectivity index (χ1v) is 6.79. The second-order valence-corrected chi connectivity index (χ2v) is 5.26. The van der Waals surface area contributed by atoms with Crippen LogP contribution in [-0.2, 0) is 13.0 Å². The van der Waals surface area contributed by atoms with Crippen molar-refractivity contribution in [2.24, 2.45) is 0 Å². The lowest BCUT2D eigenvalue weighted by atomic mass is 10.1. The number of benzene rings is 1. The Kier molecular flexibility index (Phi) is 3.35. The van der Waals surface area contributed by atoms with E-state index in [4.69, 9.17) is 14.3 Å². The molecule has 0 fully saturated rings. The lowest BCUT2D eigenvalue weighted by Crippen LogP contribution is -2.03. The third-order valence-electron chi connectivity index (χ3n) is 2.98. The maximum Gasteiger partial charge on any atom is 0.357 e. The molecule has 0 radical (unpaired) electrons. The Labute approximate surface area is 122 Å². The van der Waals surface area contributed by atoms with Crippen LogP contribution in [0.25, 0.3) is 0 Å². The van der Waals surface area contributed by atoms with Crippen molar-refractivity contribution in [3.05, 3.63) is 39.7 Å². The van der Waals surface area contributed by atoms with Crippen molar-refractivity contribution in [3.63, 3.8) is 0 Å². The second kappa shape index (κ2) is 5.16. The van der Waals surface area contributed by atoms with E-state index < -0.39 is 5.97 Å². The molecule has 0 bridgehead atoms. The van der Waals surface area contributed by atoms with Gasteiger partial charge in [0.2, 0.25) is 0 Å². The monoisotopic (exact) mass is 338 g/mol. The highest BCUT2D eigenvalue weighted by Gasteiger charge is 2.18. The summed E-state index contributed by atoms with van der Waals surface area (Å²) in [6.45, 7) is 1.13. The molecular weight excluding hydrogens is 328 g/mol. The minimum Gasteiger partial charge on any atom is -0.493 e. The van der Waals surface area contributed by atoms with Crippen LogP contribution < -0.4 is 10.1 Å². The molecule has 2 N–H and O–H groups in total. The summed E-state index contributed by atoms with van der Waals surface area (Å²) in [5, 5.41) is 11.7. The van der Waals surface area contributed by atoms with Crippen LogP contribution in [0.3, 0.4) is 0 Å². The summed E-state index contributed by atoms with van der Waals surface area (Å²) in [5.41, 5.74) is 2.01. The summed E-state index contributed by atoms with van der Waals surface area (Å²) in [6, 6.07) is 4.17. The van der Waals surface area contributed by atoms with Crippen molar-refractivity contribution in [2.75, 3.05) is 11.9 Å². The van der Waals surface area contributed by atoms with E-state index in [-0.39, 0.29) is 11.7 Å². The van der Waals surface area contributed by atoms with Gasteiger partial charge >= 0.3 is 5.97 Å². The van der Waals surface area contributed by atoms with E-state index in [9.17, 15) is 4.79 Å². The molecule has 2 aromatic rings. The number of oxazole rings is 1. The van der Waals surface area contributed by atoms with Crippen LogP contribution in [0.15, 0.2) is 27.3 Å². The molecule has 104 valence electrons. The Balaban J connectivity index is 1.76. The molecule has 1 aliphatic heterocycles. The molecule has 0 unspecified atom stereocenters. The minimum absolute atomic E-state index is 0.122. The van der Waals surface area contributed by atoms with Gasteiger partial charge in [-0.2, -0.15) is 4.98 Å². The number of halogens is 1. The van der Waals surface area contributed by atoms with E-state index >= 15 is 0 Å². The zero-order valence-electron chi connectivity index (χ0n) is 10.4. The molecule has 6 nitrogen and oxygen atoms in total. The number of aromatic nitrogens is 1. The normalized spacial score (nSPS) is 12.8. The molecule has 0 saturated carbocycles. The summed E-state index contributed by atoms with van der Waals surface area (Å²) >= 11 is 3.47. The predicted octanol–water partition coefficient (Wildman–Crippen LogP) is 2.68. The van der Waals surface area contributed by atoms with Crippen LogP contribution >= 0.6 is 15.9 Å². The van der Waals surface area contributed by atoms with E-state index in [0.29, 0.717) is 13.2 Å². The van der Waals surface area contributed by atoms with Crippen molar-refractivity contribution < 1.29 is 19.1 Å². The first kappa shape index (κ1) is 13.0. The summed E-state index contributed by atoms with van der Waals surface area (Å²) in [6.07, 6.45) is 2.00. The molecule has 0 amide bonds. The van der Waals surface area contributed by atoms with Crippen LogP contribution in [0.1, 0.15) is 21.6 Å². The number of fused-ring (bicyclic) bond motifs is 1. The first-order chi connectivity index (χ1) is 9.63. The highest BCUT2D eigenvalue weighted by molar-refractivity contribution is 9.10. The van der Waals surface area contributed by atoms with Gasteiger partial charge in [0.25, 0.3) is 6.01 Å². The quantitative estimate of drug-likeness (QED) is 0.891. The number of nitrogens with zero attached hydrogens (tertiary/aromatic N) is 1. The van der Waals surface area contributed by atoms with Crippen LogP contribution in [0.2, 0.25) is 0 Å². The van der Waals surface area contributed by atoms with Gasteiger partial charge in [-0.3, -0.25) is 0 Å². The molecule has 0 aliphatic carbocycles. The number of nitrogens with one attached hydrogen (secondary N) is 1. The molecular formula is C13H11BrN2O4. The molecule has 7 heteroatoms. The van der Waals surface area contributed by atoms with Gasteiger partial charge in [0, 0.05) is 23.0 Å². The van der Waals surface area contributed by atoms with Gasteiger partial charge < -0.3 is 19.6 Å². The lowest BCUT2D eigenvalue weighted by molar-refractivity contribution is 0.0690. The van der Waals surface area contributed by atoms with Crippen molar-refractivity contribution in [2.45, 2.75) is 13.0 Å².